The van der Waals surface area contributed by atoms with Crippen LogP contribution in [0.25, 0.3) is 0 Å². The van der Waals surface area contributed by atoms with Gasteiger partial charge in [-0.25, -0.2) is 0 Å². The fourth-order valence-corrected chi connectivity index (χ4v) is 2.44. The summed E-state index contributed by atoms with van der Waals surface area (Å²) in [7, 11) is 0. The van der Waals surface area contributed by atoms with E-state index < -0.39 is 30.6 Å². The van der Waals surface area contributed by atoms with Gasteiger partial charge in [0.05, 0.1) is 10.9 Å². The van der Waals surface area contributed by atoms with Crippen LogP contribution in [0.15, 0.2) is 0 Å². The number of nitrogens with two attached hydrogens (primary N) is 1. The molecule has 0 aromatic rings. The zero-order valence-corrected chi connectivity index (χ0v) is 14.4. The number of carbonyl (C=O) groups excluding carboxylic acids is 2. The summed E-state index contributed by atoms with van der Waals surface area (Å²) in [6.45, 7) is 5.39. The first-order valence-electron chi connectivity index (χ1n) is 8.22. The molecule has 1 saturated heterocycles. The Morgan fingerprint density at radius 3 is 2.58 bits per heavy atom. The zero-order chi connectivity index (χ0) is 18.1. The van der Waals surface area contributed by atoms with Crippen LogP contribution < -0.4 is 10.8 Å². The van der Waals surface area contributed by atoms with Gasteiger partial charge < -0.3 is 25.0 Å². The largest absolute Gasteiger partial charge is 0.635 e. The van der Waals surface area contributed by atoms with Gasteiger partial charge >= 0.3 is 5.97 Å². The molecule has 0 aliphatic carbocycles. The van der Waals surface area contributed by atoms with Crippen LogP contribution in [0.3, 0.4) is 0 Å². The standard InChI is InChI=1S/C15H28N2O7/c1-9-13(20)14(21)12(17-10(2)18)15(23-9)22-8-6-4-5-7-16-24-11(3)19/h9,12-16,20-21H,4-8H2,1-3H3,(H,17,18)/q+1/p+1/t9-,12-,13+,14-,15-/m0/s1. The summed E-state index contributed by atoms with van der Waals surface area (Å²) in [5.74, 6) is -0.661. The average molecular weight is 349 g/mol. The molecule has 5 N–H and O–H groups in total. The predicted octanol–water partition coefficient (Wildman–Crippen LogP) is -1.81. The van der Waals surface area contributed by atoms with Crippen molar-refractivity contribution in [2.75, 3.05) is 13.2 Å². The number of hydrogen-bond donors (Lipinski definition) is 4. The summed E-state index contributed by atoms with van der Waals surface area (Å²) in [6, 6.07) is -0.814. The summed E-state index contributed by atoms with van der Waals surface area (Å²) in [4.78, 5) is 26.6. The molecule has 0 saturated carbocycles. The highest BCUT2D eigenvalue weighted by Crippen LogP contribution is 2.22. The first-order chi connectivity index (χ1) is 11.3. The number of rotatable bonds is 9. The monoisotopic (exact) mass is 349 g/mol. The fourth-order valence-electron chi connectivity index (χ4n) is 2.44. The first kappa shape index (κ1) is 20.8. The molecular formula is C15H29N2O7+2. The van der Waals surface area contributed by atoms with Gasteiger partial charge in [0.2, 0.25) is 5.91 Å². The number of hydroxylamine groups is 1. The number of carbonyl (C=O) groups is 2. The number of quaternary nitrogens is 1. The van der Waals surface area contributed by atoms with Crippen molar-refractivity contribution in [1.29, 1.82) is 0 Å². The third-order valence-corrected chi connectivity index (χ3v) is 3.71. The van der Waals surface area contributed by atoms with Crippen LogP contribution in [0.1, 0.15) is 40.0 Å². The Bertz CT molecular complexity index is 407. The second kappa shape index (κ2) is 10.6. The molecule has 0 bridgehead atoms. The maximum atomic E-state index is 11.3. The molecule has 1 aliphatic rings. The minimum Gasteiger partial charge on any atom is -0.388 e. The van der Waals surface area contributed by atoms with E-state index in [-0.39, 0.29) is 11.9 Å². The molecule has 1 aliphatic heterocycles. The van der Waals surface area contributed by atoms with Crippen LogP contribution in [0.5, 0.6) is 0 Å². The molecule has 24 heavy (non-hydrogen) atoms. The Kier molecular flexibility index (Phi) is 9.16. The third-order valence-electron chi connectivity index (χ3n) is 3.71. The van der Waals surface area contributed by atoms with Gasteiger partial charge in [0.1, 0.15) is 31.7 Å². The number of unbranched alkanes of at least 4 members (excludes halogenated alkanes) is 2. The molecule has 0 spiro atoms. The lowest BCUT2D eigenvalue weighted by molar-refractivity contribution is -0.872. The maximum Gasteiger partial charge on any atom is 0.635 e. The predicted molar refractivity (Wildman–Crippen MR) is 82.3 cm³/mol. The van der Waals surface area contributed by atoms with Crippen LogP contribution >= 0.6 is 0 Å². The Morgan fingerprint density at radius 1 is 1.25 bits per heavy atom. The zero-order valence-electron chi connectivity index (χ0n) is 14.4. The van der Waals surface area contributed by atoms with Gasteiger partial charge in [-0.05, 0) is 19.8 Å². The van der Waals surface area contributed by atoms with E-state index in [0.29, 0.717) is 13.2 Å². The fraction of sp³-hybridized carbons (Fsp3) is 0.867. The van der Waals surface area contributed by atoms with Gasteiger partial charge in [-0.3, -0.25) is 4.79 Å². The second-order valence-electron chi connectivity index (χ2n) is 5.91. The van der Waals surface area contributed by atoms with Gasteiger partial charge in [0.15, 0.2) is 6.29 Å². The topological polar surface area (TPSA) is 134 Å². The van der Waals surface area contributed by atoms with Crippen molar-refractivity contribution < 1.29 is 39.6 Å². The SMILES string of the molecule is CC(=O)N[C@@H]1[C@@H](OCCCCC[NH2+]OC(C)=[O+])O[C@@H](C)[C@@H](O)[C@H]1O. The highest BCUT2D eigenvalue weighted by atomic mass is 16.7. The van der Waals surface area contributed by atoms with Gasteiger partial charge in [-0.1, -0.05) is 10.3 Å². The van der Waals surface area contributed by atoms with Crippen molar-refractivity contribution in [3.63, 3.8) is 0 Å². The van der Waals surface area contributed by atoms with E-state index in [1.54, 1.807) is 6.92 Å². The van der Waals surface area contributed by atoms with Crippen LogP contribution in [-0.4, -0.2) is 65.9 Å². The van der Waals surface area contributed by atoms with Crippen molar-refractivity contribution in [1.82, 2.24) is 5.32 Å². The van der Waals surface area contributed by atoms with Crippen LogP contribution in [0.4, 0.5) is 0 Å². The van der Waals surface area contributed by atoms with E-state index in [4.69, 9.17) is 14.3 Å². The van der Waals surface area contributed by atoms with Crippen molar-refractivity contribution in [3.05, 3.63) is 0 Å². The molecule has 1 amide bonds. The molecule has 0 aromatic heterocycles. The molecular weight excluding hydrogens is 320 g/mol. The highest BCUT2D eigenvalue weighted by molar-refractivity contribution is 5.73. The molecule has 1 radical (unpaired) electrons. The number of hydrogen-bond acceptors (Lipinski definition) is 7. The number of aliphatic hydroxyl groups is 2. The molecule has 1 rings (SSSR count). The van der Waals surface area contributed by atoms with Crippen LogP contribution in [0.2, 0.25) is 0 Å². The molecule has 0 aromatic carbocycles. The maximum absolute atomic E-state index is 11.3. The quantitative estimate of drug-likeness (QED) is 0.219. The van der Waals surface area contributed by atoms with E-state index in [9.17, 15) is 19.8 Å². The van der Waals surface area contributed by atoms with E-state index in [1.165, 1.54) is 19.3 Å². The molecule has 9 heteroatoms. The van der Waals surface area contributed by atoms with E-state index in [2.05, 4.69) is 5.32 Å². The molecule has 5 atom stereocenters. The smallest absolute Gasteiger partial charge is 0.388 e. The Hall–Kier alpha value is -1.26. The Morgan fingerprint density at radius 2 is 1.96 bits per heavy atom. The van der Waals surface area contributed by atoms with E-state index in [1.807, 2.05) is 0 Å². The lowest BCUT2D eigenvalue weighted by atomic mass is 9.97. The molecule has 9 nitrogen and oxygen atoms in total. The van der Waals surface area contributed by atoms with E-state index in [0.717, 1.165) is 19.3 Å². The Balaban J connectivity index is 2.30. The van der Waals surface area contributed by atoms with Crippen molar-refractivity contribution in [2.24, 2.45) is 0 Å². The van der Waals surface area contributed by atoms with Gasteiger partial charge in [0, 0.05) is 20.0 Å². The van der Waals surface area contributed by atoms with Gasteiger partial charge in [0.25, 0.3) is 0 Å². The minimum absolute atomic E-state index is 0.327. The number of nitrogens with one attached hydrogen (secondary N) is 1. The molecule has 1 heterocycles. The van der Waals surface area contributed by atoms with E-state index >= 15 is 0 Å². The normalized spacial score (nSPS) is 30.0. The summed E-state index contributed by atoms with van der Waals surface area (Å²) in [5.41, 5.74) is 1.49. The van der Waals surface area contributed by atoms with Gasteiger partial charge in [-0.15, -0.1) is 0 Å². The lowest BCUT2D eigenvalue weighted by Gasteiger charge is -2.41. The lowest BCUT2D eigenvalue weighted by Crippen LogP contribution is -2.83. The molecule has 139 valence electrons. The Labute approximate surface area is 141 Å². The molecule has 1 fully saturated rings. The highest BCUT2D eigenvalue weighted by Gasteiger charge is 2.43. The number of amides is 1. The number of ether oxygens (including phenoxy) is 2. The van der Waals surface area contributed by atoms with Crippen LogP contribution in [0, 0.1) is 0 Å². The van der Waals surface area contributed by atoms with Crippen LogP contribution in [-0.2, 0) is 23.9 Å². The first-order valence-corrected chi connectivity index (χ1v) is 8.22. The summed E-state index contributed by atoms with van der Waals surface area (Å²) >= 11 is 0. The molecule has 0 unspecified atom stereocenters. The summed E-state index contributed by atoms with van der Waals surface area (Å²) in [5, 5.41) is 22.5. The van der Waals surface area contributed by atoms with Crippen molar-refractivity contribution in [2.45, 2.75) is 70.7 Å². The van der Waals surface area contributed by atoms with Crippen molar-refractivity contribution >= 4 is 11.9 Å². The summed E-state index contributed by atoms with van der Waals surface area (Å²) in [6.07, 6.45) is -1.15. The number of aliphatic hydroxyl groups excluding tert-OH is 2. The summed E-state index contributed by atoms with van der Waals surface area (Å²) < 4.78 is 11.2. The average Bonchev–Trinajstić information content (AvgIpc) is 2.50. The second-order valence-corrected chi connectivity index (χ2v) is 5.91. The minimum atomic E-state index is -1.15. The third kappa shape index (κ3) is 7.10. The van der Waals surface area contributed by atoms with Gasteiger partial charge in [-0.2, -0.15) is 0 Å². The van der Waals surface area contributed by atoms with Crippen molar-refractivity contribution in [3.8, 4) is 0 Å².